The van der Waals surface area contributed by atoms with Crippen molar-refractivity contribution < 1.29 is 9.90 Å². The summed E-state index contributed by atoms with van der Waals surface area (Å²) in [6.07, 6.45) is 0. The Morgan fingerprint density at radius 3 is 2.10 bits per heavy atom. The van der Waals surface area contributed by atoms with Crippen molar-refractivity contribution in [2.24, 2.45) is 0 Å². The van der Waals surface area contributed by atoms with Crippen LogP contribution in [-0.4, -0.2) is 16.0 Å². The Morgan fingerprint density at radius 2 is 2.00 bits per heavy atom. The number of carbonyl (C=O) groups is 1. The van der Waals surface area contributed by atoms with Gasteiger partial charge in [-0.1, -0.05) is 25.6 Å². The second-order valence-electron chi connectivity index (χ2n) is 1.71. The maximum absolute atomic E-state index is 10.4. The molecule has 0 saturated heterocycles. The second-order valence-corrected chi connectivity index (χ2v) is 2.65. The fourth-order valence-corrected chi connectivity index (χ4v) is 1.28. The van der Waals surface area contributed by atoms with Gasteiger partial charge >= 0.3 is 0 Å². The minimum atomic E-state index is -0.192. The highest BCUT2D eigenvalue weighted by molar-refractivity contribution is 8.14. The van der Waals surface area contributed by atoms with Gasteiger partial charge in [0.1, 0.15) is 0 Å². The van der Waals surface area contributed by atoms with E-state index in [2.05, 4.69) is 0 Å². The molecule has 10 heavy (non-hydrogen) atoms. The Morgan fingerprint density at radius 1 is 1.50 bits per heavy atom. The summed E-state index contributed by atoms with van der Waals surface area (Å²) in [5, 5.41) is 8.58. The Kier molecular flexibility index (Phi) is 4.19. The van der Waals surface area contributed by atoms with Gasteiger partial charge in [0.05, 0.1) is 0 Å². The first-order chi connectivity index (χ1) is 4.72. The molecule has 1 rings (SSSR count). The van der Waals surface area contributed by atoms with Crippen LogP contribution in [0.25, 0.3) is 0 Å². The summed E-state index contributed by atoms with van der Waals surface area (Å²) in [5.74, 6) is 0.611. The van der Waals surface area contributed by atoms with E-state index in [0.29, 0.717) is 5.75 Å². The normalized spacial score (nSPS) is 16.9. The van der Waals surface area contributed by atoms with E-state index in [1.807, 2.05) is 13.8 Å². The molecule has 0 fully saturated rings. The van der Waals surface area contributed by atoms with Crippen molar-refractivity contribution in [2.45, 2.75) is 20.8 Å². The van der Waals surface area contributed by atoms with Crippen LogP contribution >= 0.6 is 11.8 Å². The molecule has 0 aromatic heterocycles. The smallest absolute Gasteiger partial charge is 0.254 e. The number of hydrogen-bond donors (Lipinski definition) is 1. The van der Waals surface area contributed by atoms with Crippen LogP contribution in [0.2, 0.25) is 0 Å². The molecule has 0 spiro atoms. The number of aliphatic hydroxyl groups is 1. The van der Waals surface area contributed by atoms with E-state index in [9.17, 15) is 4.79 Å². The average molecular weight is 160 g/mol. The maximum atomic E-state index is 10.4. The Balaban J connectivity index is 0.000000371. The zero-order valence-corrected chi connectivity index (χ0v) is 7.29. The van der Waals surface area contributed by atoms with E-state index in [0.717, 1.165) is 17.3 Å². The lowest BCUT2D eigenvalue weighted by Gasteiger charge is -1.84. The van der Waals surface area contributed by atoms with Crippen molar-refractivity contribution in [1.29, 1.82) is 0 Å². The predicted octanol–water partition coefficient (Wildman–Crippen LogP) is 2.12. The molecule has 2 nitrogen and oxygen atoms in total. The van der Waals surface area contributed by atoms with Crippen molar-refractivity contribution in [3.8, 4) is 0 Å². The third-order valence-electron chi connectivity index (χ3n) is 1.02. The second kappa shape index (κ2) is 4.39. The van der Waals surface area contributed by atoms with Crippen molar-refractivity contribution in [3.05, 3.63) is 11.3 Å². The van der Waals surface area contributed by atoms with Crippen LogP contribution in [0.5, 0.6) is 0 Å². The van der Waals surface area contributed by atoms with Crippen LogP contribution in [0, 0.1) is 0 Å². The van der Waals surface area contributed by atoms with Gasteiger partial charge in [-0.05, 0) is 12.5 Å². The van der Waals surface area contributed by atoms with Gasteiger partial charge in [-0.25, -0.2) is 0 Å². The summed E-state index contributed by atoms with van der Waals surface area (Å²) in [6.45, 7) is 5.76. The fraction of sp³-hybridized carbons (Fsp3) is 0.571. The average Bonchev–Trinajstić information content (AvgIpc) is 2.25. The molecule has 3 heteroatoms. The first-order valence-corrected chi connectivity index (χ1v) is 4.26. The summed E-state index contributed by atoms with van der Waals surface area (Å²) in [6, 6.07) is 0. The molecule has 1 aliphatic heterocycles. The summed E-state index contributed by atoms with van der Waals surface area (Å²) in [4.78, 5) is 10.4. The minimum absolute atomic E-state index is 0.0463. The van der Waals surface area contributed by atoms with Crippen molar-refractivity contribution in [2.75, 3.05) is 5.75 Å². The summed E-state index contributed by atoms with van der Waals surface area (Å²) in [5.41, 5.74) is 0.792. The van der Waals surface area contributed by atoms with Gasteiger partial charge in [0.2, 0.25) is 0 Å². The Bertz CT molecular complexity index is 161. The van der Waals surface area contributed by atoms with E-state index in [4.69, 9.17) is 5.11 Å². The lowest BCUT2D eigenvalue weighted by molar-refractivity contribution is -0.109. The third kappa shape index (κ3) is 2.06. The first-order valence-electron chi connectivity index (χ1n) is 3.27. The highest BCUT2D eigenvalue weighted by Crippen LogP contribution is 2.23. The van der Waals surface area contributed by atoms with Crippen LogP contribution in [0.4, 0.5) is 0 Å². The molecule has 1 N–H and O–H groups in total. The molecule has 0 radical (unpaired) electrons. The van der Waals surface area contributed by atoms with E-state index >= 15 is 0 Å². The molecule has 0 amide bonds. The summed E-state index contributed by atoms with van der Waals surface area (Å²) < 4.78 is 0. The third-order valence-corrected chi connectivity index (χ3v) is 2.05. The largest absolute Gasteiger partial charge is 0.504 e. The molecule has 0 aromatic rings. The minimum Gasteiger partial charge on any atom is -0.504 e. The SMILES string of the molecule is CC.CC1=C(O)C(=O)SC1. The molecule has 1 aliphatic rings. The lowest BCUT2D eigenvalue weighted by atomic mass is 10.3. The summed E-state index contributed by atoms with van der Waals surface area (Å²) >= 11 is 1.15. The van der Waals surface area contributed by atoms with Crippen LogP contribution in [0.1, 0.15) is 20.8 Å². The quantitative estimate of drug-likeness (QED) is 0.589. The number of aliphatic hydroxyl groups excluding tert-OH is 1. The zero-order valence-electron chi connectivity index (χ0n) is 6.47. The van der Waals surface area contributed by atoms with E-state index in [-0.39, 0.29) is 10.9 Å². The fourth-order valence-electron chi connectivity index (χ4n) is 0.485. The van der Waals surface area contributed by atoms with E-state index in [1.165, 1.54) is 0 Å². The Hall–Kier alpha value is -0.440. The van der Waals surface area contributed by atoms with Gasteiger partial charge in [-0.3, -0.25) is 4.79 Å². The van der Waals surface area contributed by atoms with Crippen LogP contribution in [0.3, 0.4) is 0 Å². The number of hydrogen-bond acceptors (Lipinski definition) is 3. The number of rotatable bonds is 0. The number of thioether (sulfide) groups is 1. The first kappa shape index (κ1) is 9.56. The topological polar surface area (TPSA) is 37.3 Å². The Labute approximate surface area is 65.3 Å². The molecule has 1 heterocycles. The van der Waals surface area contributed by atoms with Crippen molar-refractivity contribution in [3.63, 3.8) is 0 Å². The molecule has 0 aliphatic carbocycles. The van der Waals surface area contributed by atoms with Gasteiger partial charge in [0.15, 0.2) is 5.76 Å². The highest BCUT2D eigenvalue weighted by atomic mass is 32.2. The highest BCUT2D eigenvalue weighted by Gasteiger charge is 2.18. The molecule has 58 valence electrons. The molecular formula is C7H12O2S. The van der Waals surface area contributed by atoms with Gasteiger partial charge in [0.25, 0.3) is 5.12 Å². The zero-order chi connectivity index (χ0) is 8.15. The molecule has 0 bridgehead atoms. The summed E-state index contributed by atoms with van der Waals surface area (Å²) in [7, 11) is 0. The van der Waals surface area contributed by atoms with Gasteiger partial charge < -0.3 is 5.11 Å². The van der Waals surface area contributed by atoms with Gasteiger partial charge in [-0.15, -0.1) is 0 Å². The van der Waals surface area contributed by atoms with Crippen LogP contribution in [0.15, 0.2) is 11.3 Å². The predicted molar refractivity (Wildman–Crippen MR) is 44.1 cm³/mol. The van der Waals surface area contributed by atoms with Crippen LogP contribution in [-0.2, 0) is 4.79 Å². The van der Waals surface area contributed by atoms with E-state index < -0.39 is 0 Å². The number of carbonyl (C=O) groups excluding carboxylic acids is 1. The van der Waals surface area contributed by atoms with Crippen LogP contribution < -0.4 is 0 Å². The van der Waals surface area contributed by atoms with Gasteiger partial charge in [-0.2, -0.15) is 0 Å². The molecule has 0 saturated carbocycles. The molecule has 0 aromatic carbocycles. The molecule has 0 atom stereocenters. The lowest BCUT2D eigenvalue weighted by Crippen LogP contribution is -1.88. The van der Waals surface area contributed by atoms with Gasteiger partial charge in [0, 0.05) is 5.75 Å². The molecular weight excluding hydrogens is 148 g/mol. The molecule has 0 unspecified atom stereocenters. The standard InChI is InChI=1S/C5H6O2S.C2H6/c1-3-2-8-5(7)4(3)6;1-2/h6H,2H2,1H3;1-2H3. The maximum Gasteiger partial charge on any atom is 0.254 e. The van der Waals surface area contributed by atoms with Crippen molar-refractivity contribution >= 4 is 16.9 Å². The monoisotopic (exact) mass is 160 g/mol. The van der Waals surface area contributed by atoms with E-state index in [1.54, 1.807) is 6.92 Å². The van der Waals surface area contributed by atoms with Crippen molar-refractivity contribution in [1.82, 2.24) is 0 Å².